The van der Waals surface area contributed by atoms with Crippen molar-refractivity contribution in [2.24, 2.45) is 0 Å². The highest BCUT2D eigenvalue weighted by Gasteiger charge is 2.14. The molecule has 2 heterocycles. The molecule has 1 amide bonds. The van der Waals surface area contributed by atoms with Crippen LogP contribution >= 0.6 is 15.9 Å². The SMILES string of the molecule is O=C(Nc1nn(Cc2ccc(F)cc2)cc1Br)c1ccco1. The Kier molecular flexibility index (Phi) is 4.06. The maximum atomic E-state index is 12.9. The first-order chi connectivity index (χ1) is 10.6. The summed E-state index contributed by atoms with van der Waals surface area (Å²) in [7, 11) is 0. The lowest BCUT2D eigenvalue weighted by molar-refractivity contribution is 0.0996. The molecule has 112 valence electrons. The molecular formula is C15H11BrFN3O2. The third-order valence-corrected chi connectivity index (χ3v) is 3.53. The summed E-state index contributed by atoms with van der Waals surface area (Å²) in [6, 6.07) is 9.37. The number of nitrogens with one attached hydrogen (secondary N) is 1. The number of amides is 1. The molecule has 0 radical (unpaired) electrons. The molecule has 22 heavy (non-hydrogen) atoms. The number of benzene rings is 1. The number of hydrogen-bond donors (Lipinski definition) is 1. The van der Waals surface area contributed by atoms with Gasteiger partial charge in [0.2, 0.25) is 0 Å². The zero-order valence-corrected chi connectivity index (χ0v) is 12.9. The van der Waals surface area contributed by atoms with Crippen LogP contribution in [0.3, 0.4) is 0 Å². The molecule has 0 bridgehead atoms. The van der Waals surface area contributed by atoms with Gasteiger partial charge in [0.25, 0.3) is 5.91 Å². The van der Waals surface area contributed by atoms with Crippen LogP contribution in [0.2, 0.25) is 0 Å². The molecule has 0 unspecified atom stereocenters. The summed E-state index contributed by atoms with van der Waals surface area (Å²) in [5.41, 5.74) is 0.903. The molecule has 0 aliphatic heterocycles. The van der Waals surface area contributed by atoms with E-state index in [2.05, 4.69) is 26.3 Å². The fraction of sp³-hybridized carbons (Fsp3) is 0.0667. The smallest absolute Gasteiger partial charge is 0.292 e. The number of aromatic nitrogens is 2. The zero-order valence-electron chi connectivity index (χ0n) is 11.3. The Hall–Kier alpha value is -2.41. The molecule has 0 saturated carbocycles. The van der Waals surface area contributed by atoms with Gasteiger partial charge in [-0.3, -0.25) is 9.48 Å². The topological polar surface area (TPSA) is 60.1 Å². The molecule has 0 saturated heterocycles. The summed E-state index contributed by atoms with van der Waals surface area (Å²) in [4.78, 5) is 11.9. The van der Waals surface area contributed by atoms with Crippen molar-refractivity contribution in [1.82, 2.24) is 9.78 Å². The van der Waals surface area contributed by atoms with E-state index in [4.69, 9.17) is 4.42 Å². The summed E-state index contributed by atoms with van der Waals surface area (Å²) in [5.74, 6) is -0.0574. The van der Waals surface area contributed by atoms with E-state index < -0.39 is 0 Å². The van der Waals surface area contributed by atoms with Gasteiger partial charge in [0.1, 0.15) is 5.82 Å². The number of carbonyl (C=O) groups is 1. The molecule has 0 fully saturated rings. The lowest BCUT2D eigenvalue weighted by atomic mass is 10.2. The van der Waals surface area contributed by atoms with Crippen LogP contribution < -0.4 is 5.32 Å². The molecule has 7 heteroatoms. The summed E-state index contributed by atoms with van der Waals surface area (Å²) in [6.07, 6.45) is 3.16. The first-order valence-corrected chi connectivity index (χ1v) is 7.23. The van der Waals surface area contributed by atoms with Gasteiger partial charge in [0.15, 0.2) is 11.6 Å². The van der Waals surface area contributed by atoms with Crippen molar-refractivity contribution in [3.63, 3.8) is 0 Å². The molecule has 1 aromatic carbocycles. The normalized spacial score (nSPS) is 10.6. The van der Waals surface area contributed by atoms with E-state index in [1.54, 1.807) is 35.1 Å². The number of nitrogens with zero attached hydrogens (tertiary/aromatic N) is 2. The van der Waals surface area contributed by atoms with Crippen LogP contribution in [0.5, 0.6) is 0 Å². The molecule has 5 nitrogen and oxygen atoms in total. The summed E-state index contributed by atoms with van der Waals surface area (Å²) in [5, 5.41) is 6.94. The van der Waals surface area contributed by atoms with Crippen molar-refractivity contribution in [2.45, 2.75) is 6.54 Å². The second-order valence-corrected chi connectivity index (χ2v) is 5.44. The summed E-state index contributed by atoms with van der Waals surface area (Å²) in [6.45, 7) is 0.468. The van der Waals surface area contributed by atoms with E-state index in [0.29, 0.717) is 16.8 Å². The van der Waals surface area contributed by atoms with Crippen LogP contribution in [0.15, 0.2) is 57.7 Å². The standard InChI is InChI=1S/C15H11BrFN3O2/c16-12-9-20(8-10-3-5-11(17)6-4-10)19-14(12)18-15(21)13-2-1-7-22-13/h1-7,9H,8H2,(H,18,19,21). The van der Waals surface area contributed by atoms with E-state index in [1.807, 2.05) is 0 Å². The monoisotopic (exact) mass is 363 g/mol. The minimum Gasteiger partial charge on any atom is -0.459 e. The highest BCUT2D eigenvalue weighted by Crippen LogP contribution is 2.21. The van der Waals surface area contributed by atoms with Gasteiger partial charge in [-0.2, -0.15) is 5.10 Å². The molecule has 0 aliphatic carbocycles. The minimum atomic E-state index is -0.377. The number of hydrogen-bond acceptors (Lipinski definition) is 3. The van der Waals surface area contributed by atoms with E-state index in [-0.39, 0.29) is 17.5 Å². The molecule has 2 aromatic heterocycles. The number of rotatable bonds is 4. The summed E-state index contributed by atoms with van der Waals surface area (Å²) < 4.78 is 20.2. The number of carbonyl (C=O) groups excluding carboxylic acids is 1. The van der Waals surface area contributed by atoms with Crippen LogP contribution in [0.1, 0.15) is 16.1 Å². The van der Waals surface area contributed by atoms with E-state index in [1.165, 1.54) is 18.4 Å². The van der Waals surface area contributed by atoms with Gasteiger partial charge in [0.05, 0.1) is 17.3 Å². The Morgan fingerprint density at radius 1 is 1.32 bits per heavy atom. The molecule has 1 N–H and O–H groups in total. The average Bonchev–Trinajstić information content (AvgIpc) is 3.12. The first kappa shape index (κ1) is 14.5. The maximum Gasteiger partial charge on any atom is 0.292 e. The number of furan rings is 1. The van der Waals surface area contributed by atoms with Gasteiger partial charge in [-0.25, -0.2) is 4.39 Å². The lowest BCUT2D eigenvalue weighted by Gasteiger charge is -2.02. The van der Waals surface area contributed by atoms with Crippen molar-refractivity contribution in [3.8, 4) is 0 Å². The Balaban J connectivity index is 1.73. The van der Waals surface area contributed by atoms with Crippen molar-refractivity contribution >= 4 is 27.7 Å². The zero-order chi connectivity index (χ0) is 15.5. The highest BCUT2D eigenvalue weighted by molar-refractivity contribution is 9.10. The maximum absolute atomic E-state index is 12.9. The third kappa shape index (κ3) is 3.25. The first-order valence-electron chi connectivity index (χ1n) is 6.44. The van der Waals surface area contributed by atoms with Crippen molar-refractivity contribution in [1.29, 1.82) is 0 Å². The number of halogens is 2. The largest absolute Gasteiger partial charge is 0.459 e. The van der Waals surface area contributed by atoms with Crippen molar-refractivity contribution < 1.29 is 13.6 Å². The molecule has 3 aromatic rings. The van der Waals surface area contributed by atoms with E-state index in [0.717, 1.165) is 5.56 Å². The van der Waals surface area contributed by atoms with Gasteiger partial charge in [0, 0.05) is 6.20 Å². The fourth-order valence-electron chi connectivity index (χ4n) is 1.92. The Bertz CT molecular complexity index is 782. The van der Waals surface area contributed by atoms with E-state index >= 15 is 0 Å². The van der Waals surface area contributed by atoms with Gasteiger partial charge in [-0.15, -0.1) is 0 Å². The van der Waals surface area contributed by atoms with Crippen molar-refractivity contribution in [2.75, 3.05) is 5.32 Å². The van der Waals surface area contributed by atoms with Crippen LogP contribution in [0.4, 0.5) is 10.2 Å². The minimum absolute atomic E-state index is 0.208. The average molecular weight is 364 g/mol. The second kappa shape index (κ2) is 6.15. The number of anilines is 1. The predicted octanol–water partition coefficient (Wildman–Crippen LogP) is 3.68. The second-order valence-electron chi connectivity index (χ2n) is 4.58. The molecule has 0 atom stereocenters. The fourth-order valence-corrected chi connectivity index (χ4v) is 2.33. The highest BCUT2D eigenvalue weighted by atomic mass is 79.9. The van der Waals surface area contributed by atoms with Crippen LogP contribution in [-0.4, -0.2) is 15.7 Å². The van der Waals surface area contributed by atoms with Crippen LogP contribution in [-0.2, 0) is 6.54 Å². The van der Waals surface area contributed by atoms with Crippen LogP contribution in [0.25, 0.3) is 0 Å². The Labute approximate surface area is 133 Å². The third-order valence-electron chi connectivity index (χ3n) is 2.95. The molecule has 3 rings (SSSR count). The lowest BCUT2D eigenvalue weighted by Crippen LogP contribution is -2.12. The van der Waals surface area contributed by atoms with Gasteiger partial charge < -0.3 is 9.73 Å². The van der Waals surface area contributed by atoms with Gasteiger partial charge in [-0.05, 0) is 45.8 Å². The van der Waals surface area contributed by atoms with Crippen molar-refractivity contribution in [3.05, 3.63) is 70.5 Å². The predicted molar refractivity (Wildman–Crippen MR) is 82.1 cm³/mol. The Morgan fingerprint density at radius 3 is 2.77 bits per heavy atom. The van der Waals surface area contributed by atoms with Crippen LogP contribution in [0, 0.1) is 5.82 Å². The quantitative estimate of drug-likeness (QED) is 0.768. The summed E-state index contributed by atoms with van der Waals surface area (Å²) >= 11 is 3.35. The Morgan fingerprint density at radius 2 is 2.09 bits per heavy atom. The molecule has 0 spiro atoms. The van der Waals surface area contributed by atoms with Gasteiger partial charge >= 0.3 is 0 Å². The van der Waals surface area contributed by atoms with E-state index in [9.17, 15) is 9.18 Å². The van der Waals surface area contributed by atoms with Gasteiger partial charge in [-0.1, -0.05) is 12.1 Å². The molecular weight excluding hydrogens is 353 g/mol. The molecule has 0 aliphatic rings.